The Bertz CT molecular complexity index is 1150. The third kappa shape index (κ3) is 4.59. The van der Waals surface area contributed by atoms with Crippen LogP contribution in [0.15, 0.2) is 71.6 Å². The van der Waals surface area contributed by atoms with Crippen molar-refractivity contribution in [2.24, 2.45) is 0 Å². The van der Waals surface area contributed by atoms with Crippen LogP contribution in [0, 0.1) is 0 Å². The van der Waals surface area contributed by atoms with Crippen LogP contribution in [0.3, 0.4) is 0 Å². The second-order valence-corrected chi connectivity index (χ2v) is 10.7. The molecule has 0 spiro atoms. The Kier molecular flexibility index (Phi) is 6.29. The van der Waals surface area contributed by atoms with Gasteiger partial charge in [-0.1, -0.05) is 59.7 Å². The quantitative estimate of drug-likeness (QED) is 0.420. The van der Waals surface area contributed by atoms with E-state index >= 15 is 0 Å². The molecule has 6 nitrogen and oxygen atoms in total. The summed E-state index contributed by atoms with van der Waals surface area (Å²) in [6, 6.07) is 21.4. The average molecular weight is 467 g/mol. The lowest BCUT2D eigenvalue weighted by atomic mass is 10.1. The smallest absolute Gasteiger partial charge is 0.274 e. The van der Waals surface area contributed by atoms with Crippen LogP contribution in [0.4, 0.5) is 0 Å². The van der Waals surface area contributed by atoms with E-state index in [9.17, 15) is 13.9 Å². The summed E-state index contributed by atoms with van der Waals surface area (Å²) < 4.78 is 28.6. The van der Waals surface area contributed by atoms with Gasteiger partial charge in [-0.2, -0.15) is 0 Å². The minimum Gasteiger partial charge on any atom is -0.489 e. The highest BCUT2D eigenvalue weighted by molar-refractivity contribution is 8.23. The molecule has 2 N–H and O–H groups in total. The molecule has 33 heavy (non-hydrogen) atoms. The molecule has 1 amide bonds. The minimum atomic E-state index is -3.19. The lowest BCUT2D eigenvalue weighted by Gasteiger charge is -2.36. The van der Waals surface area contributed by atoms with Gasteiger partial charge in [-0.25, -0.2) is 4.31 Å². The van der Waals surface area contributed by atoms with Crippen molar-refractivity contribution >= 4 is 27.5 Å². The number of amides is 1. The van der Waals surface area contributed by atoms with Crippen LogP contribution in [-0.2, 0) is 0 Å². The Labute approximate surface area is 196 Å². The van der Waals surface area contributed by atoms with Crippen molar-refractivity contribution < 1.29 is 18.6 Å². The summed E-state index contributed by atoms with van der Waals surface area (Å²) in [5.41, 5.74) is 0.409. The zero-order valence-electron chi connectivity index (χ0n) is 18.6. The largest absolute Gasteiger partial charge is 0.489 e. The number of benzene rings is 3. The van der Waals surface area contributed by atoms with Crippen molar-refractivity contribution in [1.82, 2.24) is 9.21 Å². The van der Waals surface area contributed by atoms with Gasteiger partial charge in [0.15, 0.2) is 0 Å². The third-order valence-electron chi connectivity index (χ3n) is 6.53. The monoisotopic (exact) mass is 466 g/mol. The summed E-state index contributed by atoms with van der Waals surface area (Å²) in [5.74, 6) is 0.648. The molecule has 2 aliphatic rings. The molecule has 1 fully saturated rings. The third-order valence-corrected chi connectivity index (χ3v) is 8.44. The van der Waals surface area contributed by atoms with Crippen LogP contribution < -0.4 is 4.74 Å². The number of unbranched alkanes of at least 4 members (excludes halogenated alkanes) is 2. The molecule has 1 unspecified atom stereocenters. The van der Waals surface area contributed by atoms with Gasteiger partial charge in [0.05, 0.1) is 10.5 Å². The van der Waals surface area contributed by atoms with E-state index in [0.29, 0.717) is 17.0 Å². The highest BCUT2D eigenvalue weighted by Crippen LogP contribution is 2.58. The molecule has 2 heterocycles. The van der Waals surface area contributed by atoms with Crippen molar-refractivity contribution in [1.29, 1.82) is 0 Å². The van der Waals surface area contributed by atoms with Gasteiger partial charge in [0, 0.05) is 19.6 Å². The molecule has 0 saturated carbocycles. The summed E-state index contributed by atoms with van der Waals surface area (Å²) in [6.45, 7) is 3.30. The Hall–Kier alpha value is -2.58. The van der Waals surface area contributed by atoms with Crippen molar-refractivity contribution in [2.45, 2.75) is 36.7 Å². The number of hydrogen-bond donors (Lipinski definition) is 2. The predicted molar refractivity (Wildman–Crippen MR) is 132 cm³/mol. The molecule has 1 atom stereocenters. The fraction of sp³-hybridized carbons (Fsp3) is 0.346. The number of likely N-dealkylation sites (tertiary alicyclic amines) is 1. The molecular formula is C26H30N2O4S. The summed E-state index contributed by atoms with van der Waals surface area (Å²) in [5, 5.41) is 2.42. The summed E-state index contributed by atoms with van der Waals surface area (Å²) in [4.78, 5) is 15.3. The molecule has 3 aromatic rings. The average Bonchev–Trinajstić information content (AvgIpc) is 3.34. The van der Waals surface area contributed by atoms with Crippen molar-refractivity contribution in [2.75, 3.05) is 26.2 Å². The number of nitrogens with zero attached hydrogens (tertiary/aromatic N) is 2. The van der Waals surface area contributed by atoms with E-state index in [1.54, 1.807) is 24.3 Å². The number of rotatable bonds is 8. The van der Waals surface area contributed by atoms with Gasteiger partial charge in [-0.3, -0.25) is 18.8 Å². The van der Waals surface area contributed by atoms with E-state index in [2.05, 4.69) is 29.2 Å². The van der Waals surface area contributed by atoms with Crippen molar-refractivity contribution in [3.8, 4) is 5.75 Å². The summed E-state index contributed by atoms with van der Waals surface area (Å²) in [6.07, 6.45) is 3.92. The molecule has 0 bridgehead atoms. The van der Waals surface area contributed by atoms with Crippen molar-refractivity contribution in [3.63, 3.8) is 0 Å². The maximum Gasteiger partial charge on any atom is 0.274 e. The zero-order chi connectivity index (χ0) is 22.8. The van der Waals surface area contributed by atoms with Crippen LogP contribution in [0.1, 0.15) is 36.0 Å². The van der Waals surface area contributed by atoms with Crippen LogP contribution >= 0.6 is 10.8 Å². The maximum absolute atomic E-state index is 12.5. The topological polar surface area (TPSA) is 73.2 Å². The second kappa shape index (κ2) is 9.35. The normalized spacial score (nSPS) is 20.8. The van der Waals surface area contributed by atoms with Gasteiger partial charge in [0.25, 0.3) is 5.91 Å². The number of carbonyl (C=O) groups excluding carboxylic acids is 1. The fourth-order valence-electron chi connectivity index (χ4n) is 4.78. The van der Waals surface area contributed by atoms with Gasteiger partial charge in [-0.05, 0) is 60.8 Å². The Balaban J connectivity index is 1.04. The molecule has 5 rings (SSSR count). The van der Waals surface area contributed by atoms with E-state index in [1.807, 2.05) is 18.2 Å². The SMILES string of the molecule is O=C1c2ccccc2S(O)(O)N1CCCCCN1CCC(Oc2ccc3ccccc3c2)C1. The highest BCUT2D eigenvalue weighted by Gasteiger charge is 2.40. The van der Waals surface area contributed by atoms with E-state index in [-0.39, 0.29) is 12.0 Å². The van der Waals surface area contributed by atoms with Gasteiger partial charge < -0.3 is 4.74 Å². The number of fused-ring (bicyclic) bond motifs is 2. The maximum atomic E-state index is 12.5. The molecule has 2 aliphatic heterocycles. The van der Waals surface area contributed by atoms with Gasteiger partial charge in [0.1, 0.15) is 11.9 Å². The highest BCUT2D eigenvalue weighted by atomic mass is 32.3. The number of hydrogen-bond acceptors (Lipinski definition) is 5. The Morgan fingerprint density at radius 1 is 0.909 bits per heavy atom. The van der Waals surface area contributed by atoms with Gasteiger partial charge in [0.2, 0.25) is 0 Å². The van der Waals surface area contributed by atoms with Gasteiger partial charge >= 0.3 is 0 Å². The molecule has 0 aromatic heterocycles. The van der Waals surface area contributed by atoms with E-state index in [1.165, 1.54) is 15.1 Å². The minimum absolute atomic E-state index is 0.208. The summed E-state index contributed by atoms with van der Waals surface area (Å²) in [7, 11) is -3.19. The first-order valence-electron chi connectivity index (χ1n) is 11.6. The second-order valence-electron chi connectivity index (χ2n) is 8.82. The molecule has 174 valence electrons. The van der Waals surface area contributed by atoms with Gasteiger partial charge in [-0.15, -0.1) is 0 Å². The first kappa shape index (κ1) is 22.2. The molecule has 1 saturated heterocycles. The predicted octanol–water partition coefficient (Wildman–Crippen LogP) is 5.64. The van der Waals surface area contributed by atoms with E-state index < -0.39 is 10.8 Å². The van der Waals surface area contributed by atoms with E-state index in [0.717, 1.165) is 51.1 Å². The molecular weight excluding hydrogens is 436 g/mol. The first-order chi connectivity index (χ1) is 16.0. The summed E-state index contributed by atoms with van der Waals surface area (Å²) >= 11 is 0. The number of ether oxygens (including phenoxy) is 1. The van der Waals surface area contributed by atoms with Crippen molar-refractivity contribution in [3.05, 3.63) is 72.3 Å². The molecule has 3 aromatic carbocycles. The Morgan fingerprint density at radius 2 is 1.67 bits per heavy atom. The zero-order valence-corrected chi connectivity index (χ0v) is 19.4. The lowest BCUT2D eigenvalue weighted by molar-refractivity contribution is 0.0860. The van der Waals surface area contributed by atoms with Crippen LogP contribution in [0.2, 0.25) is 0 Å². The Morgan fingerprint density at radius 3 is 2.52 bits per heavy atom. The fourth-order valence-corrected chi connectivity index (χ4v) is 6.44. The first-order valence-corrected chi connectivity index (χ1v) is 13.1. The molecule has 7 heteroatoms. The number of carbonyl (C=O) groups is 1. The molecule has 0 aliphatic carbocycles. The molecule has 0 radical (unpaired) electrons. The lowest BCUT2D eigenvalue weighted by Crippen LogP contribution is -2.29. The van der Waals surface area contributed by atoms with Crippen LogP contribution in [0.5, 0.6) is 5.75 Å². The van der Waals surface area contributed by atoms with Crippen LogP contribution in [-0.4, -0.2) is 56.5 Å². The van der Waals surface area contributed by atoms with E-state index in [4.69, 9.17) is 4.74 Å². The van der Waals surface area contributed by atoms with Crippen LogP contribution in [0.25, 0.3) is 10.8 Å². The standard InChI is InChI=1S/C26H30N2O4S/c29-26-24-10-4-5-11-25(24)33(30,31)28(26)16-7-1-6-15-27-17-14-23(19-27)32-22-13-12-20-8-2-3-9-21(20)18-22/h2-5,8-13,18,23,30-31H,1,6-7,14-17,19H2.